The van der Waals surface area contributed by atoms with E-state index in [4.69, 9.17) is 0 Å². The van der Waals surface area contributed by atoms with Gasteiger partial charge in [0.05, 0.1) is 34.3 Å². The van der Waals surface area contributed by atoms with Crippen molar-refractivity contribution >= 4 is 17.5 Å². The quantitative estimate of drug-likeness (QED) is 0.370. The van der Waals surface area contributed by atoms with E-state index >= 15 is 0 Å². The van der Waals surface area contributed by atoms with E-state index in [1.165, 1.54) is 22.9 Å². The number of aromatic nitrogens is 6. The maximum Gasteiger partial charge on any atom is 0.455 e. The van der Waals surface area contributed by atoms with Gasteiger partial charge >= 0.3 is 6.18 Å². The van der Waals surface area contributed by atoms with Gasteiger partial charge in [0.1, 0.15) is 12.2 Å². The fourth-order valence-electron chi connectivity index (χ4n) is 3.79. The molecular formula is C26H24F3N9O2. The lowest BCUT2D eigenvalue weighted by molar-refractivity contribution is -0.145. The molecule has 0 unspecified atom stereocenters. The third-order valence-corrected chi connectivity index (χ3v) is 5.44. The minimum atomic E-state index is -4.76. The lowest BCUT2D eigenvalue weighted by Crippen LogP contribution is -2.41. The third-order valence-electron chi connectivity index (χ3n) is 5.44. The number of tetrazole rings is 1. The Morgan fingerprint density at radius 1 is 1.02 bits per heavy atom. The highest BCUT2D eigenvalue weighted by Gasteiger charge is 2.37. The summed E-state index contributed by atoms with van der Waals surface area (Å²) in [6, 6.07) is 14.9. The van der Waals surface area contributed by atoms with Crippen molar-refractivity contribution in [1.29, 1.82) is 5.26 Å². The van der Waals surface area contributed by atoms with Gasteiger partial charge in [0.15, 0.2) is 0 Å². The summed E-state index contributed by atoms with van der Waals surface area (Å²) >= 11 is 0. The number of halogens is 3. The molecule has 206 valence electrons. The second-order valence-electron chi connectivity index (χ2n) is 9.90. The summed E-state index contributed by atoms with van der Waals surface area (Å²) < 4.78 is 40.0. The van der Waals surface area contributed by atoms with E-state index in [1.807, 2.05) is 6.07 Å². The first kappa shape index (κ1) is 28.0. The van der Waals surface area contributed by atoms with E-state index in [9.17, 15) is 28.0 Å². The number of para-hydroxylation sites is 1. The van der Waals surface area contributed by atoms with E-state index in [-0.39, 0.29) is 34.7 Å². The first-order valence-electron chi connectivity index (χ1n) is 11.9. The van der Waals surface area contributed by atoms with Crippen LogP contribution in [0.4, 0.5) is 18.9 Å². The highest BCUT2D eigenvalue weighted by Crippen LogP contribution is 2.26. The second kappa shape index (κ2) is 10.6. The number of nitriles is 1. The predicted octanol–water partition coefficient (Wildman–Crippen LogP) is 3.89. The first-order chi connectivity index (χ1) is 18.7. The largest absolute Gasteiger partial charge is 0.455 e. The Bertz CT molecular complexity index is 1610. The lowest BCUT2D eigenvalue weighted by Gasteiger charge is -2.22. The molecule has 2 N–H and O–H groups in total. The number of carbonyl (C=O) groups excluding carboxylic acids is 2. The van der Waals surface area contributed by atoms with Crippen LogP contribution in [0.15, 0.2) is 48.5 Å². The van der Waals surface area contributed by atoms with Crippen molar-refractivity contribution < 1.29 is 22.8 Å². The molecule has 0 radical (unpaired) electrons. The summed E-state index contributed by atoms with van der Waals surface area (Å²) in [4.78, 5) is 27.4. The number of alkyl halides is 3. The minimum absolute atomic E-state index is 0.0308. The molecule has 11 nitrogen and oxygen atoms in total. The van der Waals surface area contributed by atoms with Crippen LogP contribution in [0.3, 0.4) is 0 Å². The Balaban J connectivity index is 1.73. The van der Waals surface area contributed by atoms with Crippen LogP contribution in [0, 0.1) is 18.3 Å². The average Bonchev–Trinajstić information content (AvgIpc) is 3.52. The number of hydrogen-bond donors (Lipinski definition) is 2. The van der Waals surface area contributed by atoms with Crippen molar-refractivity contribution in [2.75, 3.05) is 5.32 Å². The van der Waals surface area contributed by atoms with Crippen molar-refractivity contribution in [3.05, 3.63) is 82.4 Å². The molecule has 0 aliphatic heterocycles. The van der Waals surface area contributed by atoms with E-state index < -0.39 is 29.4 Å². The van der Waals surface area contributed by atoms with Crippen molar-refractivity contribution in [3.8, 4) is 11.8 Å². The zero-order valence-electron chi connectivity index (χ0n) is 21.9. The number of amides is 2. The molecule has 40 heavy (non-hydrogen) atoms. The number of nitrogens with one attached hydrogen (secondary N) is 2. The summed E-state index contributed by atoms with van der Waals surface area (Å²) in [5.41, 5.74) is 1.14. The zero-order valence-corrected chi connectivity index (χ0v) is 21.9. The predicted molar refractivity (Wildman–Crippen MR) is 137 cm³/mol. The molecule has 2 aromatic heterocycles. The van der Waals surface area contributed by atoms with Gasteiger partial charge in [-0.3, -0.25) is 9.59 Å². The topological polar surface area (TPSA) is 143 Å². The molecule has 14 heteroatoms. The van der Waals surface area contributed by atoms with Crippen molar-refractivity contribution in [2.24, 2.45) is 0 Å². The van der Waals surface area contributed by atoms with Crippen LogP contribution in [0.1, 0.15) is 64.3 Å². The van der Waals surface area contributed by atoms with Gasteiger partial charge in [0.25, 0.3) is 17.6 Å². The van der Waals surface area contributed by atoms with Crippen LogP contribution < -0.4 is 10.6 Å². The minimum Gasteiger partial charge on any atom is -0.347 e. The molecule has 0 aliphatic rings. The highest BCUT2D eigenvalue weighted by atomic mass is 19.4. The van der Waals surface area contributed by atoms with Gasteiger partial charge in [-0.15, -0.1) is 10.2 Å². The monoisotopic (exact) mass is 551 g/mol. The molecule has 2 heterocycles. The van der Waals surface area contributed by atoms with Gasteiger partial charge < -0.3 is 10.6 Å². The number of hydrogen-bond acceptors (Lipinski definition) is 7. The number of anilines is 1. The van der Waals surface area contributed by atoms with Crippen molar-refractivity contribution in [2.45, 2.75) is 46.0 Å². The van der Waals surface area contributed by atoms with Gasteiger partial charge in [-0.1, -0.05) is 18.2 Å². The molecule has 2 aromatic carbocycles. The summed E-state index contributed by atoms with van der Waals surface area (Å²) in [6.45, 7) is 6.75. The Morgan fingerprint density at radius 3 is 2.33 bits per heavy atom. The molecular weight excluding hydrogens is 527 g/mol. The van der Waals surface area contributed by atoms with Crippen LogP contribution in [-0.2, 0) is 12.7 Å². The molecule has 0 saturated heterocycles. The fourth-order valence-corrected chi connectivity index (χ4v) is 3.79. The number of nitrogens with zero attached hydrogens (tertiary/aromatic N) is 7. The van der Waals surface area contributed by atoms with Crippen LogP contribution in [0.25, 0.3) is 5.69 Å². The highest BCUT2D eigenvalue weighted by molar-refractivity contribution is 6.09. The summed E-state index contributed by atoms with van der Waals surface area (Å²) in [5, 5.41) is 29.2. The maximum atomic E-state index is 13.6. The van der Waals surface area contributed by atoms with Gasteiger partial charge in [-0.05, 0) is 68.8 Å². The lowest BCUT2D eigenvalue weighted by atomic mass is 10.0. The molecule has 4 aromatic rings. The summed E-state index contributed by atoms with van der Waals surface area (Å²) in [6.07, 6.45) is -4.76. The van der Waals surface area contributed by atoms with Crippen molar-refractivity contribution in [1.82, 2.24) is 35.3 Å². The SMILES string of the molecule is Cc1cc(C#N)cc(C(=O)NC(C)(C)C)c1NC(=O)c1cc(Cn2nnc(C(F)(F)F)n2)nn1-c1ccccc1. The van der Waals surface area contributed by atoms with Crippen LogP contribution in [0.2, 0.25) is 0 Å². The molecule has 0 saturated carbocycles. The Kier molecular flexibility index (Phi) is 7.41. The Hall–Kier alpha value is -5.06. The molecule has 0 atom stereocenters. The number of aryl methyl sites for hydroxylation is 1. The molecule has 0 spiro atoms. The molecule has 0 aliphatic carbocycles. The molecule has 4 rings (SSSR count). The van der Waals surface area contributed by atoms with E-state index in [0.29, 0.717) is 11.3 Å². The normalized spacial score (nSPS) is 11.7. The van der Waals surface area contributed by atoms with Gasteiger partial charge in [0.2, 0.25) is 0 Å². The first-order valence-corrected chi connectivity index (χ1v) is 11.9. The van der Waals surface area contributed by atoms with Crippen LogP contribution in [-0.4, -0.2) is 47.3 Å². The number of carbonyl (C=O) groups is 2. The zero-order chi connectivity index (χ0) is 29.2. The Labute approximate surface area is 226 Å². The van der Waals surface area contributed by atoms with Crippen LogP contribution in [0.5, 0.6) is 0 Å². The molecule has 2 amide bonds. The van der Waals surface area contributed by atoms with Gasteiger partial charge in [-0.2, -0.15) is 28.3 Å². The second-order valence-corrected chi connectivity index (χ2v) is 9.90. The molecule has 0 fully saturated rings. The fraction of sp³-hybridized carbons (Fsp3) is 0.269. The third kappa shape index (κ3) is 6.32. The standard InChI is InChI=1S/C26H24F3N9O2/c1-15-10-16(13-30)11-19(22(39)32-25(2,3)4)21(15)31-23(40)20-12-17(34-38(20)18-8-6-5-7-9-18)14-37-35-24(33-36-37)26(27,28)29/h5-12H,14H2,1-4H3,(H,31,40)(H,32,39). The van der Waals surface area contributed by atoms with Gasteiger partial charge in [0, 0.05) is 5.54 Å². The van der Waals surface area contributed by atoms with E-state index in [0.717, 1.165) is 4.80 Å². The van der Waals surface area contributed by atoms with Crippen molar-refractivity contribution in [3.63, 3.8) is 0 Å². The van der Waals surface area contributed by atoms with E-state index in [1.54, 1.807) is 58.0 Å². The van der Waals surface area contributed by atoms with E-state index in [2.05, 4.69) is 31.1 Å². The summed E-state index contributed by atoms with van der Waals surface area (Å²) in [7, 11) is 0. The van der Waals surface area contributed by atoms with Crippen LogP contribution >= 0.6 is 0 Å². The maximum absolute atomic E-state index is 13.6. The smallest absolute Gasteiger partial charge is 0.347 e. The average molecular weight is 552 g/mol. The Morgan fingerprint density at radius 2 is 1.73 bits per heavy atom. The molecule has 0 bridgehead atoms. The number of benzene rings is 2. The summed E-state index contributed by atoms with van der Waals surface area (Å²) in [5.74, 6) is -2.54. The van der Waals surface area contributed by atoms with Gasteiger partial charge in [-0.25, -0.2) is 4.68 Å². The number of rotatable bonds is 6.